The van der Waals surface area contributed by atoms with Crippen molar-refractivity contribution in [2.24, 2.45) is 0 Å². The van der Waals surface area contributed by atoms with Crippen LogP contribution in [-0.4, -0.2) is 48.5 Å². The van der Waals surface area contributed by atoms with Gasteiger partial charge in [0.15, 0.2) is 11.6 Å². The Bertz CT molecular complexity index is 914. The minimum Gasteiger partial charge on any atom is -0.485 e. The van der Waals surface area contributed by atoms with Crippen LogP contribution >= 0.6 is 0 Å². The minimum atomic E-state index is -0.850. The molecule has 29 heavy (non-hydrogen) atoms. The summed E-state index contributed by atoms with van der Waals surface area (Å²) < 4.78 is 29.3. The highest BCUT2D eigenvalue weighted by Gasteiger charge is 2.42. The zero-order valence-electron chi connectivity index (χ0n) is 16.0. The molecule has 8 heteroatoms. The zero-order chi connectivity index (χ0) is 21.0. The van der Waals surface area contributed by atoms with Crippen LogP contribution in [0.5, 0.6) is 11.5 Å². The molecule has 0 spiro atoms. The first-order chi connectivity index (χ1) is 13.9. The van der Waals surface area contributed by atoms with Crippen LogP contribution in [0.4, 0.5) is 4.39 Å². The van der Waals surface area contributed by atoms with E-state index < -0.39 is 35.8 Å². The third kappa shape index (κ3) is 4.71. The molecule has 1 aliphatic heterocycles. The van der Waals surface area contributed by atoms with Crippen molar-refractivity contribution in [1.82, 2.24) is 4.90 Å². The number of rotatable bonds is 5. The Morgan fingerprint density at radius 2 is 1.76 bits per heavy atom. The van der Waals surface area contributed by atoms with Crippen molar-refractivity contribution in [1.29, 1.82) is 0 Å². The molecule has 2 aromatic rings. The molecule has 1 heterocycles. The molecule has 0 aromatic heterocycles. The largest absolute Gasteiger partial charge is 0.485 e. The van der Waals surface area contributed by atoms with Crippen LogP contribution in [0.3, 0.4) is 0 Å². The fourth-order valence-corrected chi connectivity index (χ4v) is 3.18. The van der Waals surface area contributed by atoms with E-state index in [9.17, 15) is 18.8 Å². The van der Waals surface area contributed by atoms with Crippen LogP contribution < -0.4 is 9.47 Å². The Kier molecular flexibility index (Phi) is 6.11. The van der Waals surface area contributed by atoms with E-state index in [4.69, 9.17) is 14.2 Å². The highest BCUT2D eigenvalue weighted by molar-refractivity contribution is 5.97. The molecule has 7 nitrogen and oxygen atoms in total. The summed E-state index contributed by atoms with van der Waals surface area (Å²) in [5.41, 5.74) is 0.307. The lowest BCUT2D eigenvalue weighted by atomic mass is 10.1. The molecule has 0 saturated carbocycles. The summed E-state index contributed by atoms with van der Waals surface area (Å²) in [6.07, 6.45) is -0.390. The van der Waals surface area contributed by atoms with Gasteiger partial charge in [0.2, 0.25) is 0 Å². The number of ether oxygens (including phenoxy) is 3. The van der Waals surface area contributed by atoms with Gasteiger partial charge in [-0.05, 0) is 36.4 Å². The Morgan fingerprint density at radius 1 is 1.07 bits per heavy atom. The number of nitrogens with zero attached hydrogens (tertiary/aromatic N) is 1. The summed E-state index contributed by atoms with van der Waals surface area (Å²) in [5, 5.41) is 0. The summed E-state index contributed by atoms with van der Waals surface area (Å²) in [6, 6.07) is 11.1. The van der Waals surface area contributed by atoms with Gasteiger partial charge in [0.05, 0.1) is 13.7 Å². The Labute approximate surface area is 167 Å². The number of halogens is 1. The normalized spacial score (nSPS) is 18.2. The molecule has 2 unspecified atom stereocenters. The average molecular weight is 401 g/mol. The van der Waals surface area contributed by atoms with Crippen molar-refractivity contribution in [3.8, 4) is 11.5 Å². The lowest BCUT2D eigenvalue weighted by molar-refractivity contribution is -0.145. The van der Waals surface area contributed by atoms with Crippen LogP contribution in [0.1, 0.15) is 23.7 Å². The molecule has 1 aliphatic rings. The number of para-hydroxylation sites is 1. The summed E-state index contributed by atoms with van der Waals surface area (Å²) in [5.74, 6) is -1.61. The standard InChI is InChI=1S/C21H20FNO6/c1-13(24)28-15-9-7-14(8-10-15)20(25)23-12-16(11-18(23)21(26)27-2)29-19-6-4-3-5-17(19)22/h3-10,16,18H,11-12H2,1-2H3. The van der Waals surface area contributed by atoms with E-state index in [1.54, 1.807) is 12.1 Å². The maximum Gasteiger partial charge on any atom is 0.328 e. The van der Waals surface area contributed by atoms with Crippen LogP contribution in [0.15, 0.2) is 48.5 Å². The third-order valence-corrected chi connectivity index (χ3v) is 4.49. The molecule has 2 aromatic carbocycles. The number of likely N-dealkylation sites (tertiary alicyclic amines) is 1. The van der Waals surface area contributed by atoms with Gasteiger partial charge in [0.25, 0.3) is 5.91 Å². The van der Waals surface area contributed by atoms with Crippen molar-refractivity contribution >= 4 is 17.8 Å². The fraction of sp³-hybridized carbons (Fsp3) is 0.286. The lowest BCUT2D eigenvalue weighted by Crippen LogP contribution is -2.41. The second-order valence-corrected chi connectivity index (χ2v) is 6.52. The van der Waals surface area contributed by atoms with E-state index >= 15 is 0 Å². The van der Waals surface area contributed by atoms with E-state index in [-0.39, 0.29) is 18.7 Å². The van der Waals surface area contributed by atoms with Gasteiger partial charge in [-0.3, -0.25) is 9.59 Å². The van der Waals surface area contributed by atoms with Crippen LogP contribution in [0.2, 0.25) is 0 Å². The maximum atomic E-state index is 13.9. The molecule has 3 rings (SSSR count). The van der Waals surface area contributed by atoms with Crippen molar-refractivity contribution < 1.29 is 33.0 Å². The first kappa shape index (κ1) is 20.3. The predicted molar refractivity (Wildman–Crippen MR) is 100 cm³/mol. The number of amides is 1. The lowest BCUT2D eigenvalue weighted by Gasteiger charge is -2.22. The fourth-order valence-electron chi connectivity index (χ4n) is 3.18. The molecular formula is C21H20FNO6. The Balaban J connectivity index is 1.77. The van der Waals surface area contributed by atoms with Gasteiger partial charge in [0, 0.05) is 18.9 Å². The molecular weight excluding hydrogens is 381 g/mol. The van der Waals surface area contributed by atoms with Crippen LogP contribution in [0, 0.1) is 5.82 Å². The van der Waals surface area contributed by atoms with E-state index in [2.05, 4.69) is 0 Å². The molecule has 0 radical (unpaired) electrons. The first-order valence-corrected chi connectivity index (χ1v) is 8.97. The van der Waals surface area contributed by atoms with Crippen molar-refractivity contribution in [2.75, 3.05) is 13.7 Å². The quantitative estimate of drug-likeness (QED) is 0.566. The number of carbonyl (C=O) groups excluding carboxylic acids is 3. The first-order valence-electron chi connectivity index (χ1n) is 8.97. The maximum absolute atomic E-state index is 13.9. The second kappa shape index (κ2) is 8.72. The molecule has 1 saturated heterocycles. The molecule has 0 N–H and O–H groups in total. The summed E-state index contributed by atoms with van der Waals surface area (Å²) in [4.78, 5) is 37.5. The Hall–Kier alpha value is -3.42. The zero-order valence-corrected chi connectivity index (χ0v) is 16.0. The third-order valence-electron chi connectivity index (χ3n) is 4.49. The minimum absolute atomic E-state index is 0.0566. The number of hydrogen-bond acceptors (Lipinski definition) is 6. The molecule has 0 bridgehead atoms. The molecule has 1 fully saturated rings. The second-order valence-electron chi connectivity index (χ2n) is 6.52. The molecule has 2 atom stereocenters. The van der Waals surface area contributed by atoms with Gasteiger partial charge in [-0.15, -0.1) is 0 Å². The van der Waals surface area contributed by atoms with Crippen molar-refractivity contribution in [3.63, 3.8) is 0 Å². The van der Waals surface area contributed by atoms with Gasteiger partial charge in [-0.2, -0.15) is 0 Å². The monoisotopic (exact) mass is 401 g/mol. The number of hydrogen-bond donors (Lipinski definition) is 0. The SMILES string of the molecule is COC(=O)C1CC(Oc2ccccc2F)CN1C(=O)c1ccc(OC(C)=O)cc1. The van der Waals surface area contributed by atoms with E-state index in [0.717, 1.165) is 0 Å². The van der Waals surface area contributed by atoms with E-state index in [0.29, 0.717) is 11.3 Å². The van der Waals surface area contributed by atoms with Gasteiger partial charge >= 0.3 is 11.9 Å². The van der Waals surface area contributed by atoms with E-state index in [1.165, 1.54) is 55.3 Å². The number of methoxy groups -OCH3 is 1. The van der Waals surface area contributed by atoms with Crippen LogP contribution in [-0.2, 0) is 14.3 Å². The number of carbonyl (C=O) groups is 3. The van der Waals surface area contributed by atoms with Gasteiger partial charge in [0.1, 0.15) is 17.9 Å². The molecule has 0 aliphatic carbocycles. The van der Waals surface area contributed by atoms with Crippen molar-refractivity contribution in [3.05, 3.63) is 59.9 Å². The Morgan fingerprint density at radius 3 is 2.38 bits per heavy atom. The highest BCUT2D eigenvalue weighted by Crippen LogP contribution is 2.27. The van der Waals surface area contributed by atoms with Gasteiger partial charge in [-0.25, -0.2) is 9.18 Å². The smallest absolute Gasteiger partial charge is 0.328 e. The number of esters is 2. The molecule has 1 amide bonds. The van der Waals surface area contributed by atoms with Crippen LogP contribution in [0.25, 0.3) is 0 Å². The van der Waals surface area contributed by atoms with Gasteiger partial charge in [-0.1, -0.05) is 12.1 Å². The average Bonchev–Trinajstić information content (AvgIpc) is 3.12. The molecule has 152 valence electrons. The number of benzene rings is 2. The highest BCUT2D eigenvalue weighted by atomic mass is 19.1. The predicted octanol–water partition coefficient (Wildman–Crippen LogP) is 2.59. The van der Waals surface area contributed by atoms with Crippen molar-refractivity contribution in [2.45, 2.75) is 25.5 Å². The summed E-state index contributed by atoms with van der Waals surface area (Å²) >= 11 is 0. The topological polar surface area (TPSA) is 82.1 Å². The van der Waals surface area contributed by atoms with Gasteiger partial charge < -0.3 is 19.1 Å². The summed E-state index contributed by atoms with van der Waals surface area (Å²) in [6.45, 7) is 1.37. The van der Waals surface area contributed by atoms with E-state index in [1.807, 2.05) is 0 Å². The summed E-state index contributed by atoms with van der Waals surface area (Å²) in [7, 11) is 1.24.